The van der Waals surface area contributed by atoms with Crippen LogP contribution < -0.4 is 33.5 Å². The monoisotopic (exact) mass is 440 g/mol. The van der Waals surface area contributed by atoms with Crippen molar-refractivity contribution in [1.29, 1.82) is 0 Å². The number of carbonyl (C=O) groups is 1. The Labute approximate surface area is 164 Å². The molecule has 0 aliphatic heterocycles. The van der Waals surface area contributed by atoms with E-state index in [2.05, 4.69) is 9.68 Å². The molecule has 9 nitrogen and oxygen atoms in total. The molecule has 15 heteroatoms. The van der Waals surface area contributed by atoms with Crippen LogP contribution in [0.25, 0.3) is 0 Å². The first-order valence-electron chi connectivity index (χ1n) is 7.63. The summed E-state index contributed by atoms with van der Waals surface area (Å²) >= 11 is 0. The Hall–Kier alpha value is -3.59. The van der Waals surface area contributed by atoms with Crippen molar-refractivity contribution in [3.63, 3.8) is 0 Å². The van der Waals surface area contributed by atoms with E-state index in [1.165, 1.54) is 0 Å². The first-order valence-corrected chi connectivity index (χ1v) is 7.63. The fourth-order valence-corrected chi connectivity index (χ4v) is 2.10. The Bertz CT molecular complexity index is 863. The average Bonchev–Trinajstić information content (AvgIpc) is 2.60. The molecule has 0 aliphatic carbocycles. The first-order chi connectivity index (χ1) is 13.7. The van der Waals surface area contributed by atoms with E-state index >= 15 is 0 Å². The number of nitrogens with zero attached hydrogens (tertiary/aromatic N) is 2. The number of anilines is 4. The van der Waals surface area contributed by atoms with Crippen LogP contribution in [0.5, 0.6) is 0 Å². The standard InChI is InChI=1S/C15H14F6N6O3/c16-14(17,18)7-1-3-9(22)11(5-7)26(24)29-13(28)30-27(25)12-6-8(15(19,20)21)2-4-10(12)23/h1-6H,22-25H2. The fraction of sp³-hybridized carbons (Fsp3) is 0.133. The van der Waals surface area contributed by atoms with Crippen LogP contribution in [0.1, 0.15) is 11.1 Å². The van der Waals surface area contributed by atoms with Crippen LogP contribution in [-0.2, 0) is 22.0 Å². The van der Waals surface area contributed by atoms with Crippen molar-refractivity contribution in [3.05, 3.63) is 47.5 Å². The molecule has 2 aromatic rings. The highest BCUT2D eigenvalue weighted by Crippen LogP contribution is 2.35. The molecule has 164 valence electrons. The minimum Gasteiger partial charge on any atom is -0.397 e. The lowest BCUT2D eigenvalue weighted by atomic mass is 10.1. The summed E-state index contributed by atoms with van der Waals surface area (Å²) in [5, 5.41) is 0.131. The largest absolute Gasteiger partial charge is 0.561 e. The molecule has 0 atom stereocenters. The number of alkyl halides is 6. The van der Waals surface area contributed by atoms with Gasteiger partial charge in [0.1, 0.15) is 11.4 Å². The van der Waals surface area contributed by atoms with Gasteiger partial charge in [-0.15, -0.1) is 10.3 Å². The molecule has 0 amide bonds. The van der Waals surface area contributed by atoms with Gasteiger partial charge in [0.15, 0.2) is 0 Å². The summed E-state index contributed by atoms with van der Waals surface area (Å²) in [5.41, 5.74) is 7.04. The number of carbonyl (C=O) groups excluding carboxylic acids is 1. The van der Waals surface area contributed by atoms with Gasteiger partial charge >= 0.3 is 18.5 Å². The van der Waals surface area contributed by atoms with Gasteiger partial charge in [-0.1, -0.05) is 0 Å². The van der Waals surface area contributed by atoms with Gasteiger partial charge in [0.05, 0.1) is 22.5 Å². The predicted molar refractivity (Wildman–Crippen MR) is 92.6 cm³/mol. The highest BCUT2D eigenvalue weighted by molar-refractivity contribution is 5.72. The number of nitrogen functional groups attached to an aromatic ring is 2. The molecule has 0 aromatic heterocycles. The van der Waals surface area contributed by atoms with Crippen molar-refractivity contribution >= 4 is 28.9 Å². The SMILES string of the molecule is Nc1ccc(C(F)(F)F)cc1N(N)OC(=O)ON(N)c1cc(C(F)(F)F)ccc1N. The van der Waals surface area contributed by atoms with Gasteiger partial charge in [0.25, 0.3) is 0 Å². The quantitative estimate of drug-likeness (QED) is 0.244. The minimum atomic E-state index is -4.74. The lowest BCUT2D eigenvalue weighted by molar-refractivity contribution is -0.138. The van der Waals surface area contributed by atoms with Gasteiger partial charge in [-0.2, -0.15) is 31.1 Å². The summed E-state index contributed by atoms with van der Waals surface area (Å²) in [4.78, 5) is 20.6. The summed E-state index contributed by atoms with van der Waals surface area (Å²) in [6, 6.07) is 4.06. The van der Waals surface area contributed by atoms with Crippen molar-refractivity contribution in [2.24, 2.45) is 11.7 Å². The molecule has 2 rings (SSSR count). The molecular formula is C15H14F6N6O3. The molecule has 0 spiro atoms. The highest BCUT2D eigenvalue weighted by atomic mass is 19.4. The molecule has 0 saturated heterocycles. The highest BCUT2D eigenvalue weighted by Gasteiger charge is 2.33. The van der Waals surface area contributed by atoms with Crippen LogP contribution in [0.3, 0.4) is 0 Å². The second-order valence-corrected chi connectivity index (χ2v) is 5.63. The molecule has 0 heterocycles. The van der Waals surface area contributed by atoms with Crippen molar-refractivity contribution in [3.8, 4) is 0 Å². The number of hydrogen-bond acceptors (Lipinski definition) is 9. The maximum atomic E-state index is 12.8. The summed E-state index contributed by atoms with van der Waals surface area (Å²) in [6.07, 6.45) is -11.2. The normalized spacial score (nSPS) is 11.7. The zero-order valence-electron chi connectivity index (χ0n) is 14.7. The maximum Gasteiger partial charge on any atom is 0.561 e. The van der Waals surface area contributed by atoms with E-state index in [-0.39, 0.29) is 21.7 Å². The van der Waals surface area contributed by atoms with Crippen LogP contribution in [0.4, 0.5) is 53.9 Å². The smallest absolute Gasteiger partial charge is 0.397 e. The van der Waals surface area contributed by atoms with Gasteiger partial charge in [0, 0.05) is 0 Å². The second kappa shape index (κ2) is 8.03. The maximum absolute atomic E-state index is 12.8. The lowest BCUT2D eigenvalue weighted by Crippen LogP contribution is -2.40. The van der Waals surface area contributed by atoms with Gasteiger partial charge < -0.3 is 11.5 Å². The fourth-order valence-electron chi connectivity index (χ4n) is 2.10. The second-order valence-electron chi connectivity index (χ2n) is 5.63. The summed E-state index contributed by atoms with van der Waals surface area (Å²) in [6.45, 7) is 0. The third kappa shape index (κ3) is 5.26. The number of halogens is 6. The van der Waals surface area contributed by atoms with Crippen LogP contribution in [-0.4, -0.2) is 6.16 Å². The van der Waals surface area contributed by atoms with E-state index in [4.69, 9.17) is 23.2 Å². The molecule has 0 aliphatic rings. The number of nitrogens with two attached hydrogens (primary N) is 4. The number of hydrogen-bond donors (Lipinski definition) is 4. The molecule has 0 saturated carbocycles. The van der Waals surface area contributed by atoms with Crippen LogP contribution in [0.2, 0.25) is 0 Å². The molecule has 8 N–H and O–H groups in total. The van der Waals surface area contributed by atoms with Gasteiger partial charge in [0.2, 0.25) is 0 Å². The molecule has 0 fully saturated rings. The molecule has 0 bridgehead atoms. The van der Waals surface area contributed by atoms with E-state index in [1.807, 2.05) is 0 Å². The zero-order chi connectivity index (χ0) is 22.9. The molecule has 0 unspecified atom stereocenters. The molecule has 0 radical (unpaired) electrons. The van der Waals surface area contributed by atoms with Crippen molar-refractivity contribution in [2.75, 3.05) is 21.8 Å². The zero-order valence-corrected chi connectivity index (χ0v) is 14.7. The third-order valence-corrected chi connectivity index (χ3v) is 3.54. The summed E-state index contributed by atoms with van der Waals surface area (Å²) in [5.74, 6) is 10.7. The first kappa shape index (κ1) is 22.7. The Morgan fingerprint density at radius 2 is 1.07 bits per heavy atom. The summed E-state index contributed by atoms with van der Waals surface area (Å²) < 4.78 is 76.8. The van der Waals surface area contributed by atoms with Crippen molar-refractivity contribution < 1.29 is 40.8 Å². The van der Waals surface area contributed by atoms with Gasteiger partial charge in [-0.25, -0.2) is 11.7 Å². The Balaban J connectivity index is 2.14. The van der Waals surface area contributed by atoms with Crippen LogP contribution >= 0.6 is 0 Å². The molecule has 2 aromatic carbocycles. The topological polar surface area (TPSA) is 146 Å². The average molecular weight is 440 g/mol. The van der Waals surface area contributed by atoms with E-state index in [9.17, 15) is 31.1 Å². The van der Waals surface area contributed by atoms with E-state index in [0.717, 1.165) is 12.1 Å². The minimum absolute atomic E-state index is 0.0657. The number of benzene rings is 2. The number of rotatable bonds is 4. The van der Waals surface area contributed by atoms with E-state index < -0.39 is 41.0 Å². The summed E-state index contributed by atoms with van der Waals surface area (Å²) in [7, 11) is 0. The Morgan fingerprint density at radius 3 is 1.37 bits per heavy atom. The van der Waals surface area contributed by atoms with Crippen molar-refractivity contribution in [2.45, 2.75) is 12.4 Å². The van der Waals surface area contributed by atoms with Crippen molar-refractivity contribution in [1.82, 2.24) is 0 Å². The van der Waals surface area contributed by atoms with Gasteiger partial charge in [-0.3, -0.25) is 9.68 Å². The Kier molecular flexibility index (Phi) is 6.08. The molecule has 30 heavy (non-hydrogen) atoms. The van der Waals surface area contributed by atoms with E-state index in [1.54, 1.807) is 0 Å². The van der Waals surface area contributed by atoms with E-state index in [0.29, 0.717) is 24.3 Å². The third-order valence-electron chi connectivity index (χ3n) is 3.54. The Morgan fingerprint density at radius 1 is 0.733 bits per heavy atom. The number of hydrazine groups is 2. The van der Waals surface area contributed by atoms with Gasteiger partial charge in [-0.05, 0) is 36.4 Å². The van der Waals surface area contributed by atoms with Crippen LogP contribution in [0.15, 0.2) is 36.4 Å². The predicted octanol–water partition coefficient (Wildman–Crippen LogP) is 2.93. The molecular weight excluding hydrogens is 426 g/mol. The van der Waals surface area contributed by atoms with Crippen LogP contribution in [0, 0.1) is 0 Å². The lowest BCUT2D eigenvalue weighted by Gasteiger charge is -2.22.